The second-order valence-corrected chi connectivity index (χ2v) is 5.71. The van der Waals surface area contributed by atoms with Crippen molar-refractivity contribution in [2.45, 2.75) is 13.2 Å². The Morgan fingerprint density at radius 2 is 1.96 bits per heavy atom. The largest absolute Gasteiger partial charge is 0.282 e. The van der Waals surface area contributed by atoms with Crippen molar-refractivity contribution in [3.8, 4) is 11.4 Å². The van der Waals surface area contributed by atoms with Gasteiger partial charge >= 0.3 is 0 Å². The Morgan fingerprint density at radius 3 is 2.70 bits per heavy atom. The van der Waals surface area contributed by atoms with Crippen molar-refractivity contribution in [1.29, 1.82) is 0 Å². The van der Waals surface area contributed by atoms with Gasteiger partial charge in [0.05, 0.1) is 0 Å². The van der Waals surface area contributed by atoms with Gasteiger partial charge in [0.1, 0.15) is 12.5 Å². The molecule has 0 aliphatic carbocycles. The molecule has 1 aromatic heterocycles. The van der Waals surface area contributed by atoms with Crippen molar-refractivity contribution < 1.29 is 4.39 Å². The first-order valence-corrected chi connectivity index (χ1v) is 7.45. The molecule has 1 heterocycles. The van der Waals surface area contributed by atoms with Crippen LogP contribution in [-0.4, -0.2) is 32.2 Å². The molecule has 7 heteroatoms. The maximum atomic E-state index is 12.9. The van der Waals surface area contributed by atoms with Gasteiger partial charge in [-0.05, 0) is 54.2 Å². The molecule has 0 saturated carbocycles. The van der Waals surface area contributed by atoms with Crippen LogP contribution < -0.4 is 0 Å². The lowest BCUT2D eigenvalue weighted by Crippen LogP contribution is -2.23. The third kappa shape index (κ3) is 4.12. The lowest BCUT2D eigenvalue weighted by atomic mass is 10.2. The Balaban J connectivity index is 1.65. The molecular formula is C16H15ClFN5. The normalized spacial score (nSPS) is 11.1. The molecule has 0 aliphatic rings. The summed E-state index contributed by atoms with van der Waals surface area (Å²) in [5.41, 5.74) is 1.84. The summed E-state index contributed by atoms with van der Waals surface area (Å²) in [4.78, 5) is 3.55. The van der Waals surface area contributed by atoms with E-state index >= 15 is 0 Å². The molecule has 0 amide bonds. The number of tetrazole rings is 1. The van der Waals surface area contributed by atoms with E-state index in [1.807, 2.05) is 36.2 Å². The summed E-state index contributed by atoms with van der Waals surface area (Å²) in [5.74, 6) is 0.184. The topological polar surface area (TPSA) is 46.8 Å². The van der Waals surface area contributed by atoms with E-state index in [-0.39, 0.29) is 5.82 Å². The summed E-state index contributed by atoms with van der Waals surface area (Å²) in [6.07, 6.45) is 0. The van der Waals surface area contributed by atoms with Gasteiger partial charge in [0.15, 0.2) is 0 Å². The number of halogens is 2. The summed E-state index contributed by atoms with van der Waals surface area (Å²) >= 11 is 5.99. The molecule has 0 bridgehead atoms. The maximum absolute atomic E-state index is 12.9. The number of rotatable bonds is 5. The molecule has 0 saturated heterocycles. The maximum Gasteiger partial charge on any atom is 0.204 e. The van der Waals surface area contributed by atoms with Gasteiger partial charge < -0.3 is 0 Å². The van der Waals surface area contributed by atoms with Gasteiger partial charge in [-0.25, -0.2) is 4.39 Å². The standard InChI is InChI=1S/C16H15ClFN5/c1-22(10-12-3-2-4-14(17)9-12)11-23-20-16(19-21-23)13-5-7-15(18)8-6-13/h2-9H,10-11H2,1H3. The summed E-state index contributed by atoms with van der Waals surface area (Å²) in [6.45, 7) is 1.20. The van der Waals surface area contributed by atoms with Gasteiger partial charge in [-0.2, -0.15) is 0 Å². The average molecular weight is 332 g/mol. The Labute approximate surface area is 138 Å². The minimum atomic E-state index is -0.289. The van der Waals surface area contributed by atoms with E-state index in [0.29, 0.717) is 24.1 Å². The van der Waals surface area contributed by atoms with Crippen molar-refractivity contribution in [3.05, 3.63) is 64.9 Å². The summed E-state index contributed by atoms with van der Waals surface area (Å²) < 4.78 is 12.9. The second-order valence-electron chi connectivity index (χ2n) is 5.28. The van der Waals surface area contributed by atoms with Crippen LogP contribution in [0.4, 0.5) is 4.39 Å². The highest BCUT2D eigenvalue weighted by Crippen LogP contribution is 2.14. The van der Waals surface area contributed by atoms with Crippen LogP contribution in [0.3, 0.4) is 0 Å². The van der Waals surface area contributed by atoms with Gasteiger partial charge in [0.25, 0.3) is 0 Å². The molecule has 0 fully saturated rings. The molecule has 0 atom stereocenters. The Kier molecular flexibility index (Phi) is 4.64. The van der Waals surface area contributed by atoms with Crippen molar-refractivity contribution >= 4 is 11.6 Å². The van der Waals surface area contributed by atoms with Crippen molar-refractivity contribution in [3.63, 3.8) is 0 Å². The van der Waals surface area contributed by atoms with Crippen molar-refractivity contribution in [1.82, 2.24) is 25.1 Å². The molecule has 0 aliphatic heterocycles. The summed E-state index contributed by atoms with van der Waals surface area (Å²) in [5, 5.41) is 13.1. The number of benzene rings is 2. The lowest BCUT2D eigenvalue weighted by molar-refractivity contribution is 0.227. The van der Waals surface area contributed by atoms with Crippen LogP contribution in [0, 0.1) is 5.82 Å². The van der Waals surface area contributed by atoms with Crippen molar-refractivity contribution in [2.75, 3.05) is 7.05 Å². The zero-order chi connectivity index (χ0) is 16.2. The molecule has 3 rings (SSSR count). The molecule has 0 unspecified atom stereocenters. The Morgan fingerprint density at radius 1 is 1.17 bits per heavy atom. The molecule has 0 spiro atoms. The van der Waals surface area contributed by atoms with Gasteiger partial charge in [-0.3, -0.25) is 4.90 Å². The first-order valence-electron chi connectivity index (χ1n) is 7.07. The minimum absolute atomic E-state index is 0.289. The van der Waals surface area contributed by atoms with Crippen molar-refractivity contribution in [2.24, 2.45) is 0 Å². The third-order valence-corrected chi connectivity index (χ3v) is 3.50. The average Bonchev–Trinajstić information content (AvgIpc) is 2.96. The fourth-order valence-corrected chi connectivity index (χ4v) is 2.44. The molecular weight excluding hydrogens is 317 g/mol. The van der Waals surface area contributed by atoms with E-state index in [1.165, 1.54) is 16.9 Å². The predicted octanol–water partition coefficient (Wildman–Crippen LogP) is 3.22. The predicted molar refractivity (Wildman–Crippen MR) is 86.1 cm³/mol. The van der Waals surface area contributed by atoms with Gasteiger partial charge in [0.2, 0.25) is 5.82 Å². The second kappa shape index (κ2) is 6.85. The number of hydrogen-bond donors (Lipinski definition) is 0. The lowest BCUT2D eigenvalue weighted by Gasteiger charge is -2.15. The fourth-order valence-electron chi connectivity index (χ4n) is 2.23. The van der Waals surface area contributed by atoms with Gasteiger partial charge in [0, 0.05) is 17.1 Å². The SMILES string of the molecule is CN(Cc1cccc(Cl)c1)Cn1nnc(-c2ccc(F)cc2)n1. The quantitative estimate of drug-likeness (QED) is 0.720. The molecule has 5 nitrogen and oxygen atoms in total. The molecule has 3 aromatic rings. The van der Waals surface area contributed by atoms with Crippen LogP contribution in [0.2, 0.25) is 5.02 Å². The van der Waals surface area contributed by atoms with E-state index in [9.17, 15) is 4.39 Å². The molecule has 2 aromatic carbocycles. The van der Waals surface area contributed by atoms with Crippen LogP contribution >= 0.6 is 11.6 Å². The Bertz CT molecular complexity index is 787. The molecule has 0 radical (unpaired) electrons. The summed E-state index contributed by atoms with van der Waals surface area (Å²) in [6, 6.07) is 13.7. The van der Waals surface area contributed by atoms with E-state index in [2.05, 4.69) is 15.4 Å². The molecule has 23 heavy (non-hydrogen) atoms. The molecule has 118 valence electrons. The molecule has 0 N–H and O–H groups in total. The monoisotopic (exact) mass is 331 g/mol. The highest BCUT2D eigenvalue weighted by Gasteiger charge is 2.08. The first kappa shape index (κ1) is 15.6. The first-order chi connectivity index (χ1) is 11.1. The van der Waals surface area contributed by atoms with E-state index in [4.69, 9.17) is 11.6 Å². The number of aromatic nitrogens is 4. The Hall–Kier alpha value is -2.31. The zero-order valence-electron chi connectivity index (χ0n) is 12.5. The van der Waals surface area contributed by atoms with E-state index < -0.39 is 0 Å². The van der Waals surface area contributed by atoms with Crippen LogP contribution in [0.15, 0.2) is 48.5 Å². The third-order valence-electron chi connectivity index (χ3n) is 3.26. The minimum Gasteiger partial charge on any atom is -0.282 e. The van der Waals surface area contributed by atoms with Crippen LogP contribution in [0.25, 0.3) is 11.4 Å². The van der Waals surface area contributed by atoms with Gasteiger partial charge in [-0.15, -0.1) is 15.0 Å². The van der Waals surface area contributed by atoms with Gasteiger partial charge in [-0.1, -0.05) is 23.7 Å². The van der Waals surface area contributed by atoms with E-state index in [0.717, 1.165) is 11.1 Å². The highest BCUT2D eigenvalue weighted by molar-refractivity contribution is 6.30. The van der Waals surface area contributed by atoms with Crippen LogP contribution in [0.5, 0.6) is 0 Å². The number of nitrogens with zero attached hydrogens (tertiary/aromatic N) is 5. The summed E-state index contributed by atoms with van der Waals surface area (Å²) in [7, 11) is 1.96. The smallest absolute Gasteiger partial charge is 0.204 e. The number of hydrogen-bond acceptors (Lipinski definition) is 4. The van der Waals surface area contributed by atoms with E-state index in [1.54, 1.807) is 12.1 Å². The van der Waals surface area contributed by atoms with Crippen LogP contribution in [0.1, 0.15) is 5.56 Å². The fraction of sp³-hybridized carbons (Fsp3) is 0.188. The zero-order valence-corrected chi connectivity index (χ0v) is 13.3. The highest BCUT2D eigenvalue weighted by atomic mass is 35.5. The van der Waals surface area contributed by atoms with Crippen LogP contribution in [-0.2, 0) is 13.2 Å².